The van der Waals surface area contributed by atoms with Crippen molar-refractivity contribution in [2.45, 2.75) is 26.6 Å². The number of hydrogen-bond donors (Lipinski definition) is 0. The lowest BCUT2D eigenvalue weighted by molar-refractivity contribution is -0.118. The molecule has 1 aromatic carbocycles. The molecule has 0 N–H and O–H groups in total. The second-order valence-corrected chi connectivity index (χ2v) is 4.83. The SMILES string of the molecule is CCn1nc(C)cc1C(=O)N(CC(F)(F)F)c1ccccc1. The summed E-state index contributed by atoms with van der Waals surface area (Å²) >= 11 is 0. The molecule has 0 aliphatic heterocycles. The van der Waals surface area contributed by atoms with Gasteiger partial charge in [-0.3, -0.25) is 14.4 Å². The summed E-state index contributed by atoms with van der Waals surface area (Å²) in [5.41, 5.74) is 0.935. The molecule has 0 radical (unpaired) electrons. The Hall–Kier alpha value is -2.31. The normalized spacial score (nSPS) is 11.5. The zero-order valence-electron chi connectivity index (χ0n) is 12.3. The molecule has 0 aliphatic rings. The molecule has 0 saturated heterocycles. The lowest BCUT2D eigenvalue weighted by Crippen LogP contribution is -2.40. The van der Waals surface area contributed by atoms with Crippen LogP contribution in [0.15, 0.2) is 36.4 Å². The highest BCUT2D eigenvalue weighted by Gasteiger charge is 2.35. The summed E-state index contributed by atoms with van der Waals surface area (Å²) in [5, 5.41) is 4.11. The van der Waals surface area contributed by atoms with Crippen LogP contribution in [0.2, 0.25) is 0 Å². The average Bonchev–Trinajstić information content (AvgIpc) is 2.85. The number of aromatic nitrogens is 2. The molecule has 1 aromatic heterocycles. The standard InChI is InChI=1S/C15H16F3N3O/c1-3-21-13(9-11(2)19-21)14(22)20(10-15(16,17)18)12-7-5-4-6-8-12/h4-9H,3,10H2,1-2H3. The van der Waals surface area contributed by atoms with Gasteiger partial charge in [-0.1, -0.05) is 18.2 Å². The maximum atomic E-state index is 12.8. The molecule has 1 heterocycles. The third-order valence-electron chi connectivity index (χ3n) is 3.07. The van der Waals surface area contributed by atoms with E-state index >= 15 is 0 Å². The van der Waals surface area contributed by atoms with E-state index in [2.05, 4.69) is 5.10 Å². The Balaban J connectivity index is 2.42. The van der Waals surface area contributed by atoms with Crippen molar-refractivity contribution in [2.24, 2.45) is 0 Å². The van der Waals surface area contributed by atoms with Crippen LogP contribution < -0.4 is 4.90 Å². The van der Waals surface area contributed by atoms with Crippen molar-refractivity contribution in [3.63, 3.8) is 0 Å². The fourth-order valence-electron chi connectivity index (χ4n) is 2.16. The quantitative estimate of drug-likeness (QED) is 0.868. The number of carbonyl (C=O) groups excluding carboxylic acids is 1. The number of amides is 1. The number of hydrogen-bond acceptors (Lipinski definition) is 2. The third-order valence-corrected chi connectivity index (χ3v) is 3.07. The van der Waals surface area contributed by atoms with Gasteiger partial charge in [-0.05, 0) is 32.0 Å². The minimum Gasteiger partial charge on any atom is -0.298 e. The Kier molecular flexibility index (Phi) is 4.54. The van der Waals surface area contributed by atoms with Crippen molar-refractivity contribution < 1.29 is 18.0 Å². The van der Waals surface area contributed by atoms with Crippen LogP contribution in [-0.4, -0.2) is 28.4 Å². The smallest absolute Gasteiger partial charge is 0.298 e. The highest BCUT2D eigenvalue weighted by molar-refractivity contribution is 6.05. The first-order valence-electron chi connectivity index (χ1n) is 6.80. The molecule has 2 rings (SSSR count). The molecule has 0 spiro atoms. The van der Waals surface area contributed by atoms with E-state index in [0.29, 0.717) is 12.2 Å². The van der Waals surface area contributed by atoms with Gasteiger partial charge in [0, 0.05) is 12.2 Å². The Morgan fingerprint density at radius 2 is 1.91 bits per heavy atom. The molecular weight excluding hydrogens is 295 g/mol. The number of alkyl halides is 3. The van der Waals surface area contributed by atoms with Gasteiger partial charge in [0.15, 0.2) is 0 Å². The molecule has 2 aromatic rings. The summed E-state index contributed by atoms with van der Waals surface area (Å²) in [6, 6.07) is 9.31. The van der Waals surface area contributed by atoms with Crippen LogP contribution >= 0.6 is 0 Å². The molecule has 118 valence electrons. The number of halogens is 3. The largest absolute Gasteiger partial charge is 0.406 e. The van der Waals surface area contributed by atoms with Crippen molar-refractivity contribution >= 4 is 11.6 Å². The van der Waals surface area contributed by atoms with Gasteiger partial charge in [-0.15, -0.1) is 0 Å². The maximum absolute atomic E-state index is 12.8. The maximum Gasteiger partial charge on any atom is 0.406 e. The molecule has 4 nitrogen and oxygen atoms in total. The minimum atomic E-state index is -4.49. The topological polar surface area (TPSA) is 38.1 Å². The second kappa shape index (κ2) is 6.21. The van der Waals surface area contributed by atoms with Gasteiger partial charge < -0.3 is 0 Å². The lowest BCUT2D eigenvalue weighted by atomic mass is 10.2. The first kappa shape index (κ1) is 16.1. The second-order valence-electron chi connectivity index (χ2n) is 4.83. The monoisotopic (exact) mass is 311 g/mol. The van der Waals surface area contributed by atoms with Gasteiger partial charge in [0.25, 0.3) is 5.91 Å². The van der Waals surface area contributed by atoms with E-state index in [9.17, 15) is 18.0 Å². The minimum absolute atomic E-state index is 0.146. The Morgan fingerprint density at radius 1 is 1.27 bits per heavy atom. The van der Waals surface area contributed by atoms with Crippen molar-refractivity contribution in [3.05, 3.63) is 47.8 Å². The Morgan fingerprint density at radius 3 is 2.45 bits per heavy atom. The Bertz CT molecular complexity index is 650. The van der Waals surface area contributed by atoms with Gasteiger partial charge >= 0.3 is 6.18 Å². The summed E-state index contributed by atoms with van der Waals surface area (Å²) in [4.78, 5) is 13.3. The molecule has 22 heavy (non-hydrogen) atoms. The van der Waals surface area contributed by atoms with Crippen LogP contribution in [0.25, 0.3) is 0 Å². The molecule has 0 aliphatic carbocycles. The predicted octanol–water partition coefficient (Wildman–Crippen LogP) is 3.42. The number of aryl methyl sites for hydroxylation is 2. The van der Waals surface area contributed by atoms with E-state index in [1.54, 1.807) is 32.0 Å². The number of carbonyl (C=O) groups is 1. The molecular formula is C15H16F3N3O. The first-order valence-corrected chi connectivity index (χ1v) is 6.80. The fourth-order valence-corrected chi connectivity index (χ4v) is 2.16. The van der Waals surface area contributed by atoms with E-state index < -0.39 is 18.6 Å². The van der Waals surface area contributed by atoms with Crippen molar-refractivity contribution in [1.29, 1.82) is 0 Å². The molecule has 7 heteroatoms. The summed E-state index contributed by atoms with van der Waals surface area (Å²) in [6.07, 6.45) is -4.49. The molecule has 0 atom stereocenters. The molecule has 1 amide bonds. The zero-order valence-corrected chi connectivity index (χ0v) is 12.3. The highest BCUT2D eigenvalue weighted by Crippen LogP contribution is 2.24. The van der Waals surface area contributed by atoms with Crippen molar-refractivity contribution in [3.8, 4) is 0 Å². The summed E-state index contributed by atoms with van der Waals surface area (Å²) < 4.78 is 39.9. The van der Waals surface area contributed by atoms with E-state index in [0.717, 1.165) is 4.90 Å². The average molecular weight is 311 g/mol. The van der Waals surface area contributed by atoms with Gasteiger partial charge in [-0.25, -0.2) is 0 Å². The van der Waals surface area contributed by atoms with E-state index in [-0.39, 0.29) is 11.4 Å². The lowest BCUT2D eigenvalue weighted by Gasteiger charge is -2.24. The number of benzene rings is 1. The number of para-hydroxylation sites is 1. The number of nitrogens with zero attached hydrogens (tertiary/aromatic N) is 3. The highest BCUT2D eigenvalue weighted by atomic mass is 19.4. The van der Waals surface area contributed by atoms with Crippen LogP contribution in [0.3, 0.4) is 0 Å². The van der Waals surface area contributed by atoms with E-state index in [4.69, 9.17) is 0 Å². The third kappa shape index (κ3) is 3.66. The fraction of sp³-hybridized carbons (Fsp3) is 0.333. The summed E-state index contributed by atoms with van der Waals surface area (Å²) in [5.74, 6) is -0.717. The molecule has 0 unspecified atom stereocenters. The van der Waals surface area contributed by atoms with Crippen LogP contribution in [-0.2, 0) is 6.54 Å². The molecule has 0 saturated carbocycles. The number of anilines is 1. The van der Waals surface area contributed by atoms with E-state index in [1.165, 1.54) is 22.9 Å². The molecule has 0 bridgehead atoms. The van der Waals surface area contributed by atoms with Gasteiger partial charge in [-0.2, -0.15) is 18.3 Å². The first-order chi connectivity index (χ1) is 10.3. The number of rotatable bonds is 4. The van der Waals surface area contributed by atoms with Gasteiger partial charge in [0.1, 0.15) is 12.2 Å². The van der Waals surface area contributed by atoms with E-state index in [1.807, 2.05) is 0 Å². The van der Waals surface area contributed by atoms with Crippen LogP contribution in [0.4, 0.5) is 18.9 Å². The molecule has 0 fully saturated rings. The Labute approximate surface area is 126 Å². The van der Waals surface area contributed by atoms with Crippen LogP contribution in [0, 0.1) is 6.92 Å². The van der Waals surface area contributed by atoms with Crippen LogP contribution in [0.5, 0.6) is 0 Å². The van der Waals surface area contributed by atoms with Crippen molar-refractivity contribution in [1.82, 2.24) is 9.78 Å². The zero-order chi connectivity index (χ0) is 16.3. The predicted molar refractivity (Wildman–Crippen MR) is 76.8 cm³/mol. The summed E-state index contributed by atoms with van der Waals surface area (Å²) in [6.45, 7) is 2.53. The van der Waals surface area contributed by atoms with Gasteiger partial charge in [0.05, 0.1) is 5.69 Å². The van der Waals surface area contributed by atoms with Gasteiger partial charge in [0.2, 0.25) is 0 Å². The summed E-state index contributed by atoms with van der Waals surface area (Å²) in [7, 11) is 0. The van der Waals surface area contributed by atoms with Crippen molar-refractivity contribution in [2.75, 3.05) is 11.4 Å². The van der Waals surface area contributed by atoms with Crippen LogP contribution in [0.1, 0.15) is 23.1 Å².